The van der Waals surface area contributed by atoms with E-state index in [1.165, 1.54) is 23.1 Å². The Morgan fingerprint density at radius 2 is 2.00 bits per heavy atom. The number of aromatic nitrogens is 5. The summed E-state index contributed by atoms with van der Waals surface area (Å²) < 4.78 is 3.66. The summed E-state index contributed by atoms with van der Waals surface area (Å²) in [6, 6.07) is 2.09. The molecule has 0 saturated heterocycles. The average molecular weight is 395 g/mol. The zero-order valence-corrected chi connectivity index (χ0v) is 16.3. The molecule has 2 aromatic rings. The Labute approximate surface area is 158 Å². The number of hydrogen-bond donors (Lipinski definition) is 1. The fourth-order valence-electron chi connectivity index (χ4n) is 2.55. The first kappa shape index (κ1) is 18.2. The Morgan fingerprint density at radius 1 is 1.20 bits per heavy atom. The van der Waals surface area contributed by atoms with Crippen molar-refractivity contribution in [2.24, 2.45) is 0 Å². The van der Waals surface area contributed by atoms with Crippen molar-refractivity contribution >= 4 is 40.4 Å². The van der Waals surface area contributed by atoms with Crippen LogP contribution >= 0.6 is 34.9 Å². The maximum absolute atomic E-state index is 10.4. The summed E-state index contributed by atoms with van der Waals surface area (Å²) in [5.74, 6) is 2.58. The normalized spacial score (nSPS) is 15.2. The Morgan fingerprint density at radius 3 is 2.76 bits per heavy atom. The van der Waals surface area contributed by atoms with Crippen molar-refractivity contribution in [3.8, 4) is 6.07 Å². The van der Waals surface area contributed by atoms with Crippen molar-refractivity contribution in [1.82, 2.24) is 25.0 Å². The Kier molecular flexibility index (Phi) is 6.34. The highest BCUT2D eigenvalue weighted by Gasteiger charge is 2.21. The fraction of sp³-hybridized carbons (Fsp3) is 0.533. The summed E-state index contributed by atoms with van der Waals surface area (Å²) in [7, 11) is 0. The van der Waals surface area contributed by atoms with Crippen molar-refractivity contribution in [2.75, 3.05) is 11.5 Å². The topological polar surface area (TPSA) is 101 Å². The highest BCUT2D eigenvalue weighted by atomic mass is 32.2. The van der Waals surface area contributed by atoms with Crippen LogP contribution < -0.4 is 0 Å². The number of aliphatic hydroxyl groups is 1. The van der Waals surface area contributed by atoms with Crippen LogP contribution in [0, 0.1) is 11.3 Å². The summed E-state index contributed by atoms with van der Waals surface area (Å²) in [6.45, 7) is 2.85. The van der Waals surface area contributed by atoms with E-state index in [-0.39, 0.29) is 17.1 Å². The molecule has 0 atom stereocenters. The molecule has 0 fully saturated rings. The first-order valence-corrected chi connectivity index (χ1v) is 10.9. The summed E-state index contributed by atoms with van der Waals surface area (Å²) in [5.41, 5.74) is 0.195. The molecule has 0 bridgehead atoms. The Bertz CT molecular complexity index is 807. The minimum absolute atomic E-state index is 0.00633. The second kappa shape index (κ2) is 8.69. The van der Waals surface area contributed by atoms with Crippen LogP contribution in [-0.2, 0) is 13.0 Å². The molecule has 3 heterocycles. The molecule has 1 aliphatic heterocycles. The van der Waals surface area contributed by atoms with Gasteiger partial charge in [0, 0.05) is 13.0 Å². The Balaban J connectivity index is 1.76. The van der Waals surface area contributed by atoms with Crippen LogP contribution in [0.1, 0.15) is 37.8 Å². The van der Waals surface area contributed by atoms with Gasteiger partial charge < -0.3 is 9.67 Å². The fourth-order valence-corrected chi connectivity index (χ4v) is 5.35. The standard InChI is InChI=1S/C15H18N6OS3/c1-2-23-14-19-20-15(25-14)24-9-11(22)10(8-16)13-18-17-12-6-4-3-5-7-21(12)13/h22H,2-7,9H2,1H3/b11-10-. The molecule has 10 heteroatoms. The number of hydrogen-bond acceptors (Lipinski definition) is 9. The summed E-state index contributed by atoms with van der Waals surface area (Å²) in [5, 5.41) is 36.5. The number of nitriles is 1. The van der Waals surface area contributed by atoms with Crippen LogP contribution in [0.2, 0.25) is 0 Å². The van der Waals surface area contributed by atoms with Crippen LogP contribution in [0.4, 0.5) is 0 Å². The second-order valence-electron chi connectivity index (χ2n) is 5.39. The molecule has 25 heavy (non-hydrogen) atoms. The van der Waals surface area contributed by atoms with Gasteiger partial charge in [0.25, 0.3) is 0 Å². The van der Waals surface area contributed by atoms with Gasteiger partial charge in [0.1, 0.15) is 23.2 Å². The van der Waals surface area contributed by atoms with E-state index >= 15 is 0 Å². The molecule has 0 aliphatic carbocycles. The smallest absolute Gasteiger partial charge is 0.178 e. The number of fused-ring (bicyclic) bond motifs is 1. The predicted molar refractivity (Wildman–Crippen MR) is 99.8 cm³/mol. The van der Waals surface area contributed by atoms with Crippen molar-refractivity contribution in [3.63, 3.8) is 0 Å². The van der Waals surface area contributed by atoms with Gasteiger partial charge in [-0.25, -0.2) is 0 Å². The zero-order chi connectivity index (χ0) is 17.6. The molecule has 0 spiro atoms. The van der Waals surface area contributed by atoms with Gasteiger partial charge in [0.15, 0.2) is 14.5 Å². The summed E-state index contributed by atoms with van der Waals surface area (Å²) in [4.78, 5) is 0. The van der Waals surface area contributed by atoms with Crippen LogP contribution in [-0.4, -0.2) is 41.6 Å². The molecule has 1 aliphatic rings. The largest absolute Gasteiger partial charge is 0.510 e. The van der Waals surface area contributed by atoms with Gasteiger partial charge in [-0.3, -0.25) is 0 Å². The number of aryl methyl sites for hydroxylation is 1. The van der Waals surface area contributed by atoms with Crippen molar-refractivity contribution < 1.29 is 5.11 Å². The lowest BCUT2D eigenvalue weighted by Gasteiger charge is -2.07. The molecule has 0 aromatic carbocycles. The molecular weight excluding hydrogens is 376 g/mol. The van der Waals surface area contributed by atoms with Gasteiger partial charge in [0.2, 0.25) is 0 Å². The Hall–Kier alpha value is -1.57. The first-order chi connectivity index (χ1) is 12.2. The highest BCUT2D eigenvalue weighted by Crippen LogP contribution is 2.30. The van der Waals surface area contributed by atoms with Crippen LogP contribution in [0.25, 0.3) is 5.57 Å². The van der Waals surface area contributed by atoms with Gasteiger partial charge in [-0.05, 0) is 18.6 Å². The van der Waals surface area contributed by atoms with E-state index in [9.17, 15) is 10.4 Å². The van der Waals surface area contributed by atoms with Crippen LogP contribution in [0.5, 0.6) is 0 Å². The molecule has 132 valence electrons. The number of nitrogens with zero attached hydrogens (tertiary/aromatic N) is 6. The average Bonchev–Trinajstić information content (AvgIpc) is 3.15. The molecule has 0 amide bonds. The molecule has 3 rings (SSSR count). The number of allylic oxidation sites excluding steroid dienone is 1. The lowest BCUT2D eigenvalue weighted by Crippen LogP contribution is -2.07. The predicted octanol–water partition coefficient (Wildman–Crippen LogP) is 3.55. The SMILES string of the molecule is CCSc1nnc(SC/C(O)=C(\C#N)c2nnc3n2CCCCC3)s1. The van der Waals surface area contributed by atoms with E-state index in [2.05, 4.69) is 33.4 Å². The maximum atomic E-state index is 10.4. The van der Waals surface area contributed by atoms with Crippen molar-refractivity contribution in [1.29, 1.82) is 5.26 Å². The van der Waals surface area contributed by atoms with Gasteiger partial charge in [-0.1, -0.05) is 48.2 Å². The summed E-state index contributed by atoms with van der Waals surface area (Å²) in [6.07, 6.45) is 4.13. The van der Waals surface area contributed by atoms with Crippen molar-refractivity contribution in [2.45, 2.75) is 47.8 Å². The van der Waals surface area contributed by atoms with E-state index in [1.54, 1.807) is 11.8 Å². The maximum Gasteiger partial charge on any atom is 0.178 e. The molecule has 0 saturated carbocycles. The molecule has 0 radical (unpaired) electrons. The van der Waals surface area contributed by atoms with E-state index < -0.39 is 0 Å². The van der Waals surface area contributed by atoms with E-state index in [0.29, 0.717) is 5.82 Å². The molecule has 7 nitrogen and oxygen atoms in total. The minimum Gasteiger partial charge on any atom is -0.510 e. The van der Waals surface area contributed by atoms with Gasteiger partial charge in [0.05, 0.1) is 5.75 Å². The number of thioether (sulfide) groups is 2. The van der Waals surface area contributed by atoms with Gasteiger partial charge in [-0.2, -0.15) is 5.26 Å². The van der Waals surface area contributed by atoms with Gasteiger partial charge >= 0.3 is 0 Å². The van der Waals surface area contributed by atoms with E-state index in [4.69, 9.17) is 0 Å². The monoisotopic (exact) mass is 394 g/mol. The van der Waals surface area contributed by atoms with Crippen LogP contribution in [0.15, 0.2) is 14.4 Å². The third-order valence-electron chi connectivity index (χ3n) is 3.72. The molecule has 0 unspecified atom stereocenters. The number of rotatable bonds is 6. The minimum atomic E-state index is 0.00633. The summed E-state index contributed by atoms with van der Waals surface area (Å²) >= 11 is 4.51. The lowest BCUT2D eigenvalue weighted by molar-refractivity contribution is 0.420. The first-order valence-electron chi connectivity index (χ1n) is 8.06. The lowest BCUT2D eigenvalue weighted by atomic mass is 10.2. The zero-order valence-electron chi connectivity index (χ0n) is 13.8. The van der Waals surface area contributed by atoms with Gasteiger partial charge in [-0.15, -0.1) is 20.4 Å². The van der Waals surface area contributed by atoms with E-state index in [1.807, 2.05) is 4.57 Å². The molecular formula is C15H18N6OS3. The third-order valence-corrected chi connectivity index (χ3v) is 6.80. The second-order valence-corrected chi connectivity index (χ2v) is 9.10. The molecule has 2 aromatic heterocycles. The molecule has 1 N–H and O–H groups in total. The van der Waals surface area contributed by atoms with Crippen LogP contribution in [0.3, 0.4) is 0 Å². The van der Waals surface area contributed by atoms with E-state index in [0.717, 1.165) is 52.5 Å². The quantitative estimate of drug-likeness (QED) is 0.451. The van der Waals surface area contributed by atoms with Crippen molar-refractivity contribution in [3.05, 3.63) is 17.4 Å². The third kappa shape index (κ3) is 4.34. The number of aliphatic hydroxyl groups excluding tert-OH is 1. The highest BCUT2D eigenvalue weighted by molar-refractivity contribution is 8.03.